The van der Waals surface area contributed by atoms with E-state index >= 15 is 0 Å². The van der Waals surface area contributed by atoms with Gasteiger partial charge in [0.05, 0.1) is 18.8 Å². The molecule has 0 aromatic heterocycles. The number of ether oxygens (including phenoxy) is 2. The fourth-order valence-electron chi connectivity index (χ4n) is 2.85. The van der Waals surface area contributed by atoms with Crippen LogP contribution in [0.4, 0.5) is 10.5 Å². The summed E-state index contributed by atoms with van der Waals surface area (Å²) in [4.78, 5) is 26.3. The number of nitriles is 1. The van der Waals surface area contributed by atoms with Crippen LogP contribution in [0.15, 0.2) is 54.6 Å². The Morgan fingerprint density at radius 1 is 1.16 bits per heavy atom. The Morgan fingerprint density at radius 3 is 2.52 bits per heavy atom. The first-order valence-corrected chi connectivity index (χ1v) is 7.85. The minimum Gasteiger partial charge on any atom is -0.435 e. The summed E-state index contributed by atoms with van der Waals surface area (Å²) in [7, 11) is 0. The highest BCUT2D eigenvalue weighted by molar-refractivity contribution is 6.09. The zero-order chi connectivity index (χ0) is 17.9. The largest absolute Gasteiger partial charge is 0.510 e. The van der Waals surface area contributed by atoms with E-state index in [2.05, 4.69) is 0 Å². The van der Waals surface area contributed by atoms with E-state index in [9.17, 15) is 14.9 Å². The number of benzene rings is 2. The van der Waals surface area contributed by atoms with Crippen molar-refractivity contribution in [3.8, 4) is 6.07 Å². The fourth-order valence-corrected chi connectivity index (χ4v) is 2.85. The molecule has 1 heterocycles. The van der Waals surface area contributed by atoms with Gasteiger partial charge in [-0.2, -0.15) is 5.26 Å². The van der Waals surface area contributed by atoms with Gasteiger partial charge in [0.2, 0.25) is 0 Å². The zero-order valence-corrected chi connectivity index (χ0v) is 13.6. The first kappa shape index (κ1) is 16.5. The molecular weight excluding hydrogens is 320 g/mol. The van der Waals surface area contributed by atoms with Gasteiger partial charge in [-0.3, -0.25) is 4.79 Å². The third-order valence-electron chi connectivity index (χ3n) is 3.96. The van der Waals surface area contributed by atoms with Crippen LogP contribution in [0, 0.1) is 11.3 Å². The van der Waals surface area contributed by atoms with E-state index in [0.717, 1.165) is 5.56 Å². The molecule has 0 N–H and O–H groups in total. The molecule has 126 valence electrons. The second-order valence-corrected chi connectivity index (χ2v) is 5.47. The Bertz CT molecular complexity index is 844. The molecule has 1 aliphatic rings. The number of carbonyl (C=O) groups is 2. The van der Waals surface area contributed by atoms with Crippen LogP contribution in [0.2, 0.25) is 0 Å². The summed E-state index contributed by atoms with van der Waals surface area (Å²) >= 11 is 0. The van der Waals surface area contributed by atoms with Gasteiger partial charge in [0.15, 0.2) is 0 Å². The van der Waals surface area contributed by atoms with Crippen molar-refractivity contribution < 1.29 is 19.1 Å². The Hall–Kier alpha value is -3.33. The van der Waals surface area contributed by atoms with Crippen molar-refractivity contribution in [3.63, 3.8) is 0 Å². The molecule has 0 fully saturated rings. The predicted molar refractivity (Wildman–Crippen MR) is 89.5 cm³/mol. The summed E-state index contributed by atoms with van der Waals surface area (Å²) < 4.78 is 9.95. The Morgan fingerprint density at radius 2 is 1.84 bits per heavy atom. The van der Waals surface area contributed by atoms with Gasteiger partial charge in [-0.15, -0.1) is 0 Å². The summed E-state index contributed by atoms with van der Waals surface area (Å²) in [6.45, 7) is 1.97. The highest BCUT2D eigenvalue weighted by Gasteiger charge is 2.55. The highest BCUT2D eigenvalue weighted by Crippen LogP contribution is 2.43. The molecule has 1 unspecified atom stereocenters. The average Bonchev–Trinajstić information content (AvgIpc) is 2.86. The van der Waals surface area contributed by atoms with Crippen LogP contribution in [0.5, 0.6) is 0 Å². The second-order valence-electron chi connectivity index (χ2n) is 5.47. The van der Waals surface area contributed by atoms with Crippen molar-refractivity contribution in [3.05, 3.63) is 65.7 Å². The van der Waals surface area contributed by atoms with Crippen LogP contribution in [0.25, 0.3) is 0 Å². The molecule has 6 heteroatoms. The second kappa shape index (κ2) is 6.65. The molecule has 2 aromatic carbocycles. The molecule has 3 rings (SSSR count). The lowest BCUT2D eigenvalue weighted by Gasteiger charge is -2.21. The number of anilines is 1. The van der Waals surface area contributed by atoms with Crippen LogP contribution in [0.3, 0.4) is 0 Å². The van der Waals surface area contributed by atoms with E-state index in [1.165, 1.54) is 4.90 Å². The van der Waals surface area contributed by atoms with Crippen molar-refractivity contribution in [1.29, 1.82) is 5.26 Å². The SMILES string of the molecule is CCOC(=O)OC1(C#N)C(=O)N(Cc2ccccc2)c2ccccc21. The van der Waals surface area contributed by atoms with Gasteiger partial charge >= 0.3 is 11.8 Å². The first-order chi connectivity index (χ1) is 12.1. The van der Waals surface area contributed by atoms with E-state index in [0.29, 0.717) is 11.3 Å². The number of para-hydroxylation sites is 1. The van der Waals surface area contributed by atoms with Crippen LogP contribution >= 0.6 is 0 Å². The lowest BCUT2D eigenvalue weighted by molar-refractivity contribution is -0.133. The van der Waals surface area contributed by atoms with Crippen LogP contribution in [-0.4, -0.2) is 18.7 Å². The smallest absolute Gasteiger partial charge is 0.435 e. The molecule has 2 aromatic rings. The molecule has 1 amide bonds. The molecular formula is C19H16N2O4. The molecule has 0 aliphatic carbocycles. The Balaban J connectivity index is 2.02. The first-order valence-electron chi connectivity index (χ1n) is 7.85. The molecule has 0 radical (unpaired) electrons. The molecule has 1 atom stereocenters. The molecule has 0 spiro atoms. The fraction of sp³-hybridized carbons (Fsp3) is 0.211. The Labute approximate surface area is 145 Å². The molecule has 0 saturated heterocycles. The van der Waals surface area contributed by atoms with Crippen LogP contribution in [0.1, 0.15) is 18.1 Å². The van der Waals surface area contributed by atoms with Gasteiger partial charge in [0.1, 0.15) is 6.07 Å². The minimum atomic E-state index is -2.03. The number of fused-ring (bicyclic) bond motifs is 1. The Kier molecular flexibility index (Phi) is 4.40. The standard InChI is InChI=1S/C19H16N2O4/c1-2-24-18(23)25-19(13-20)15-10-6-7-11-16(15)21(17(19)22)12-14-8-4-3-5-9-14/h3-11H,2,12H2,1H3. The van der Waals surface area contributed by atoms with Crippen molar-refractivity contribution in [1.82, 2.24) is 0 Å². The van der Waals surface area contributed by atoms with E-state index in [1.807, 2.05) is 36.4 Å². The quantitative estimate of drug-likeness (QED) is 0.802. The maximum atomic E-state index is 13.0. The number of carbonyl (C=O) groups excluding carboxylic acids is 2. The summed E-state index contributed by atoms with van der Waals surface area (Å²) in [5, 5.41) is 9.70. The zero-order valence-electron chi connectivity index (χ0n) is 13.6. The van der Waals surface area contributed by atoms with Gasteiger partial charge in [-0.25, -0.2) is 4.79 Å². The molecule has 1 aliphatic heterocycles. The van der Waals surface area contributed by atoms with Gasteiger partial charge in [-0.05, 0) is 18.6 Å². The molecule has 25 heavy (non-hydrogen) atoms. The van der Waals surface area contributed by atoms with Gasteiger partial charge in [0, 0.05) is 5.56 Å². The normalized spacial score (nSPS) is 18.4. The van der Waals surface area contributed by atoms with Crippen molar-refractivity contribution in [2.24, 2.45) is 0 Å². The topological polar surface area (TPSA) is 79.6 Å². The summed E-state index contributed by atoms with van der Waals surface area (Å²) in [6.07, 6.45) is -1.05. The molecule has 0 saturated carbocycles. The monoisotopic (exact) mass is 336 g/mol. The van der Waals surface area contributed by atoms with E-state index in [1.54, 1.807) is 31.2 Å². The van der Waals surface area contributed by atoms with Crippen molar-refractivity contribution in [2.45, 2.75) is 19.1 Å². The van der Waals surface area contributed by atoms with Crippen molar-refractivity contribution in [2.75, 3.05) is 11.5 Å². The van der Waals surface area contributed by atoms with Crippen molar-refractivity contribution >= 4 is 17.7 Å². The number of hydrogen-bond donors (Lipinski definition) is 0. The molecule has 6 nitrogen and oxygen atoms in total. The van der Waals surface area contributed by atoms with Gasteiger partial charge in [-0.1, -0.05) is 48.5 Å². The number of nitrogens with zero attached hydrogens (tertiary/aromatic N) is 2. The molecule has 0 bridgehead atoms. The van der Waals surface area contributed by atoms with E-state index < -0.39 is 17.7 Å². The van der Waals surface area contributed by atoms with Gasteiger partial charge in [0.25, 0.3) is 5.91 Å². The van der Waals surface area contributed by atoms with Crippen LogP contribution < -0.4 is 4.90 Å². The summed E-state index contributed by atoms with van der Waals surface area (Å²) in [5.41, 5.74) is -0.248. The average molecular weight is 336 g/mol. The summed E-state index contributed by atoms with van der Waals surface area (Å²) in [5.74, 6) is -0.604. The maximum absolute atomic E-state index is 13.0. The summed E-state index contributed by atoms with van der Waals surface area (Å²) in [6, 6.07) is 18.1. The van der Waals surface area contributed by atoms with E-state index in [4.69, 9.17) is 9.47 Å². The number of amides is 1. The third-order valence-corrected chi connectivity index (χ3v) is 3.96. The highest BCUT2D eigenvalue weighted by atomic mass is 16.7. The number of rotatable bonds is 4. The minimum absolute atomic E-state index is 0.0872. The lowest BCUT2D eigenvalue weighted by Crippen LogP contribution is -2.42. The van der Waals surface area contributed by atoms with Crippen LogP contribution in [-0.2, 0) is 26.4 Å². The number of hydrogen-bond acceptors (Lipinski definition) is 5. The van der Waals surface area contributed by atoms with Gasteiger partial charge < -0.3 is 14.4 Å². The predicted octanol–water partition coefficient (Wildman–Crippen LogP) is 3.13. The van der Waals surface area contributed by atoms with E-state index in [-0.39, 0.29) is 13.2 Å². The third kappa shape index (κ3) is 2.81. The lowest BCUT2D eigenvalue weighted by atomic mass is 9.97. The maximum Gasteiger partial charge on any atom is 0.510 e.